The molecule has 24 heavy (non-hydrogen) atoms. The summed E-state index contributed by atoms with van der Waals surface area (Å²) in [5.74, 6) is -0.444. The summed E-state index contributed by atoms with van der Waals surface area (Å²) in [5, 5.41) is 26.0. The maximum Gasteiger partial charge on any atom is 0.264 e. The van der Waals surface area contributed by atoms with E-state index in [1.54, 1.807) is 4.68 Å². The second-order valence-corrected chi connectivity index (χ2v) is 6.97. The van der Waals surface area contributed by atoms with Crippen LogP contribution >= 0.6 is 0 Å². The van der Waals surface area contributed by atoms with Crippen molar-refractivity contribution >= 4 is 0 Å². The lowest BCUT2D eigenvalue weighted by Gasteiger charge is -2.26. The van der Waals surface area contributed by atoms with Crippen molar-refractivity contribution in [2.75, 3.05) is 0 Å². The molecule has 1 N–H and O–H groups in total. The lowest BCUT2D eigenvalue weighted by molar-refractivity contribution is -0.770. The average Bonchev–Trinajstić information content (AvgIpc) is 2.85. The highest BCUT2D eigenvalue weighted by atomic mass is 16.6. The number of aliphatic hydroxyl groups is 1. The summed E-state index contributed by atoms with van der Waals surface area (Å²) in [6.07, 6.45) is 1.51. The molecule has 2 unspecified atom stereocenters. The predicted octanol–water partition coefficient (Wildman–Crippen LogP) is 1.88. The molecule has 0 saturated carbocycles. The Morgan fingerprint density at radius 3 is 2.79 bits per heavy atom. The van der Waals surface area contributed by atoms with Crippen LogP contribution in [0.2, 0.25) is 0 Å². The van der Waals surface area contributed by atoms with Gasteiger partial charge in [0, 0.05) is 6.42 Å². The first kappa shape index (κ1) is 16.9. The standard InChI is InChI=1S/C18H24N2O4/c1-12-4-6-13(7-5-12)15(21)9-8-14-10-11-20-16(17(22)24-19-20)18(2,3)23-14/h4-7,14-15,21H,8-11H2,1-3H3. The number of fused-ring (bicyclic) bond motifs is 1. The van der Waals surface area contributed by atoms with Crippen molar-refractivity contribution in [3.8, 4) is 5.95 Å². The van der Waals surface area contributed by atoms with Crippen LogP contribution in [0.3, 0.4) is 0 Å². The zero-order valence-corrected chi connectivity index (χ0v) is 14.4. The molecule has 0 amide bonds. The number of hydrogen-bond acceptors (Lipinski definition) is 5. The summed E-state index contributed by atoms with van der Waals surface area (Å²) >= 11 is 0. The first-order chi connectivity index (χ1) is 11.4. The molecular formula is C18H24N2O4. The maximum absolute atomic E-state index is 11.8. The van der Waals surface area contributed by atoms with Gasteiger partial charge < -0.3 is 19.5 Å². The number of aromatic nitrogens is 2. The van der Waals surface area contributed by atoms with Crippen LogP contribution in [0.25, 0.3) is 0 Å². The Balaban J connectivity index is 1.64. The van der Waals surface area contributed by atoms with Gasteiger partial charge in [0.2, 0.25) is 0 Å². The molecule has 0 fully saturated rings. The summed E-state index contributed by atoms with van der Waals surface area (Å²) in [6.45, 7) is 6.31. The van der Waals surface area contributed by atoms with E-state index in [0.717, 1.165) is 12.0 Å². The van der Waals surface area contributed by atoms with Gasteiger partial charge in [0.15, 0.2) is 18.1 Å². The number of aliphatic hydroxyl groups excluding tert-OH is 1. The van der Waals surface area contributed by atoms with Crippen LogP contribution in [0.15, 0.2) is 28.8 Å². The van der Waals surface area contributed by atoms with Crippen molar-refractivity contribution in [1.29, 1.82) is 0 Å². The van der Waals surface area contributed by atoms with E-state index in [4.69, 9.17) is 9.26 Å². The summed E-state index contributed by atoms with van der Waals surface area (Å²) < 4.78 is 12.5. The van der Waals surface area contributed by atoms with E-state index in [1.807, 2.05) is 45.0 Å². The average molecular weight is 332 g/mol. The molecule has 0 saturated heterocycles. The van der Waals surface area contributed by atoms with E-state index in [2.05, 4.69) is 5.27 Å². The fraction of sp³-hybridized carbons (Fsp3) is 0.556. The fourth-order valence-electron chi connectivity index (χ4n) is 3.28. The second kappa shape index (κ2) is 6.53. The Bertz CT molecular complexity index is 694. The lowest BCUT2D eigenvalue weighted by Crippen LogP contribution is -2.43. The first-order valence-electron chi connectivity index (χ1n) is 8.36. The van der Waals surface area contributed by atoms with Gasteiger partial charge in [-0.3, -0.25) is 0 Å². The summed E-state index contributed by atoms with van der Waals surface area (Å²) in [6, 6.07) is 7.92. The van der Waals surface area contributed by atoms with Crippen LogP contribution in [-0.2, 0) is 16.9 Å². The normalized spacial score (nSPS) is 21.1. The largest absolute Gasteiger partial charge is 0.539 e. The van der Waals surface area contributed by atoms with E-state index in [-0.39, 0.29) is 6.10 Å². The van der Waals surface area contributed by atoms with Gasteiger partial charge in [-0.2, -0.15) is 0 Å². The minimum atomic E-state index is -0.757. The molecule has 2 atom stereocenters. The molecule has 0 aliphatic carbocycles. The van der Waals surface area contributed by atoms with Crippen molar-refractivity contribution in [2.45, 2.75) is 64.4 Å². The van der Waals surface area contributed by atoms with Crippen molar-refractivity contribution in [3.05, 3.63) is 41.1 Å². The van der Waals surface area contributed by atoms with Gasteiger partial charge in [-0.25, -0.2) is 0 Å². The molecule has 6 nitrogen and oxygen atoms in total. The van der Waals surface area contributed by atoms with Crippen LogP contribution in [0.5, 0.6) is 5.95 Å². The van der Waals surface area contributed by atoms with Crippen molar-refractivity contribution < 1.29 is 24.2 Å². The summed E-state index contributed by atoms with van der Waals surface area (Å²) in [5.41, 5.74) is 1.78. The molecule has 1 aromatic carbocycles. The summed E-state index contributed by atoms with van der Waals surface area (Å²) in [7, 11) is 0. The quantitative estimate of drug-likeness (QED) is 0.865. The lowest BCUT2D eigenvalue weighted by atomic mass is 10.00. The third kappa shape index (κ3) is 3.44. The highest BCUT2D eigenvalue weighted by molar-refractivity contribution is 5.23. The molecule has 1 aromatic heterocycles. The minimum Gasteiger partial charge on any atom is -0.539 e. The zero-order valence-electron chi connectivity index (χ0n) is 14.4. The van der Waals surface area contributed by atoms with E-state index < -0.39 is 17.7 Å². The van der Waals surface area contributed by atoms with Crippen LogP contribution in [-0.4, -0.2) is 16.5 Å². The molecule has 3 rings (SSSR count). The Morgan fingerprint density at radius 1 is 1.38 bits per heavy atom. The monoisotopic (exact) mass is 332 g/mol. The molecule has 2 heterocycles. The molecular weight excluding hydrogens is 308 g/mol. The fourth-order valence-corrected chi connectivity index (χ4v) is 3.28. The number of ether oxygens (including phenoxy) is 1. The van der Waals surface area contributed by atoms with Gasteiger partial charge in [0.25, 0.3) is 5.69 Å². The van der Waals surface area contributed by atoms with Crippen molar-refractivity contribution in [1.82, 2.24) is 5.27 Å². The predicted molar refractivity (Wildman–Crippen MR) is 84.0 cm³/mol. The molecule has 0 spiro atoms. The van der Waals surface area contributed by atoms with E-state index >= 15 is 0 Å². The highest BCUT2D eigenvalue weighted by Crippen LogP contribution is 2.33. The van der Waals surface area contributed by atoms with E-state index in [0.29, 0.717) is 25.1 Å². The zero-order chi connectivity index (χ0) is 17.3. The van der Waals surface area contributed by atoms with Gasteiger partial charge >= 0.3 is 0 Å². The smallest absolute Gasteiger partial charge is 0.264 e. The Kier molecular flexibility index (Phi) is 4.60. The van der Waals surface area contributed by atoms with Crippen LogP contribution in [0.1, 0.15) is 56.0 Å². The molecule has 130 valence electrons. The molecule has 0 bridgehead atoms. The van der Waals surface area contributed by atoms with E-state index in [1.165, 1.54) is 5.56 Å². The topological polar surface area (TPSA) is 82.4 Å². The van der Waals surface area contributed by atoms with Gasteiger partial charge in [-0.1, -0.05) is 34.5 Å². The van der Waals surface area contributed by atoms with Gasteiger partial charge in [-0.05, 0) is 39.2 Å². The van der Waals surface area contributed by atoms with Gasteiger partial charge in [-0.15, -0.1) is 0 Å². The molecule has 1 aliphatic heterocycles. The minimum absolute atomic E-state index is 0.0406. The summed E-state index contributed by atoms with van der Waals surface area (Å²) in [4.78, 5) is 0. The van der Waals surface area contributed by atoms with Gasteiger partial charge in [0.1, 0.15) is 0 Å². The Hall–Kier alpha value is -1.92. The number of aryl methyl sites for hydroxylation is 2. The van der Waals surface area contributed by atoms with Crippen LogP contribution in [0.4, 0.5) is 0 Å². The third-order valence-electron chi connectivity index (χ3n) is 4.59. The van der Waals surface area contributed by atoms with Gasteiger partial charge in [0.05, 0.1) is 17.5 Å². The second-order valence-electron chi connectivity index (χ2n) is 6.97. The SMILES string of the molecule is Cc1ccc(C(O)CCC2CC[n+]3noc([O-])c3C(C)(C)O2)cc1. The molecule has 6 heteroatoms. The third-order valence-corrected chi connectivity index (χ3v) is 4.59. The number of rotatable bonds is 4. The van der Waals surface area contributed by atoms with Crippen LogP contribution < -0.4 is 9.79 Å². The van der Waals surface area contributed by atoms with E-state index in [9.17, 15) is 10.2 Å². The Morgan fingerprint density at radius 2 is 2.08 bits per heavy atom. The number of hydrogen-bond donors (Lipinski definition) is 1. The first-order valence-corrected chi connectivity index (χ1v) is 8.36. The van der Waals surface area contributed by atoms with Crippen LogP contribution in [0, 0.1) is 6.92 Å². The van der Waals surface area contributed by atoms with Crippen molar-refractivity contribution in [3.63, 3.8) is 0 Å². The maximum atomic E-state index is 11.8. The molecule has 1 aliphatic rings. The number of benzene rings is 1. The molecule has 0 radical (unpaired) electrons. The highest BCUT2D eigenvalue weighted by Gasteiger charge is 2.40. The molecule has 2 aromatic rings. The van der Waals surface area contributed by atoms with Crippen molar-refractivity contribution in [2.24, 2.45) is 0 Å². The Labute approximate surface area is 141 Å². The number of nitrogens with zero attached hydrogens (tertiary/aromatic N) is 2.